The van der Waals surface area contributed by atoms with Crippen LogP contribution in [0, 0.1) is 17.0 Å². The summed E-state index contributed by atoms with van der Waals surface area (Å²) in [4.78, 5) is 26.8. The third-order valence-corrected chi connectivity index (χ3v) is 3.83. The fraction of sp³-hybridized carbons (Fsp3) is 0.250. The van der Waals surface area contributed by atoms with Crippen LogP contribution in [0.1, 0.15) is 28.5 Å². The van der Waals surface area contributed by atoms with Gasteiger partial charge in [-0.3, -0.25) is 24.9 Å². The maximum Gasteiger partial charge on any atom is 0.320 e. The van der Waals surface area contributed by atoms with Gasteiger partial charge >= 0.3 is 5.69 Å². The summed E-state index contributed by atoms with van der Waals surface area (Å²) in [7, 11) is 0. The number of carbonyl (C=O) groups excluding carboxylic acids is 1. The molecule has 134 valence electrons. The minimum Gasteiger partial charge on any atom is -0.287 e. The molecule has 1 aromatic carbocycles. The van der Waals surface area contributed by atoms with Crippen molar-refractivity contribution in [3.8, 4) is 0 Å². The van der Waals surface area contributed by atoms with E-state index in [0.717, 1.165) is 11.1 Å². The molecule has 3 rings (SSSR count). The van der Waals surface area contributed by atoms with Crippen LogP contribution in [0.2, 0.25) is 0 Å². The first-order valence-electron chi connectivity index (χ1n) is 7.95. The van der Waals surface area contributed by atoms with E-state index in [1.807, 2.05) is 31.2 Å². The molecule has 0 saturated carbocycles. The number of benzene rings is 1. The van der Waals surface area contributed by atoms with Crippen molar-refractivity contribution in [2.24, 2.45) is 0 Å². The fourth-order valence-corrected chi connectivity index (χ4v) is 2.42. The summed E-state index contributed by atoms with van der Waals surface area (Å²) < 4.78 is 2.91. The van der Waals surface area contributed by atoms with Crippen molar-refractivity contribution >= 4 is 17.5 Å². The third kappa shape index (κ3) is 3.58. The van der Waals surface area contributed by atoms with Gasteiger partial charge in [0.1, 0.15) is 12.5 Å². The molecular weight excluding hydrogens is 338 g/mol. The van der Waals surface area contributed by atoms with E-state index in [1.54, 1.807) is 11.6 Å². The molecule has 0 spiro atoms. The first-order valence-corrected chi connectivity index (χ1v) is 7.95. The van der Waals surface area contributed by atoms with Gasteiger partial charge in [0, 0.05) is 6.54 Å². The van der Waals surface area contributed by atoms with Gasteiger partial charge in [-0.1, -0.05) is 24.3 Å². The van der Waals surface area contributed by atoms with Crippen LogP contribution in [0.3, 0.4) is 0 Å². The average Bonchev–Trinajstić information content (AvgIpc) is 3.23. The molecule has 1 N–H and O–H groups in total. The van der Waals surface area contributed by atoms with Gasteiger partial charge in [-0.15, -0.1) is 5.10 Å². The fourth-order valence-electron chi connectivity index (χ4n) is 2.42. The van der Waals surface area contributed by atoms with Gasteiger partial charge < -0.3 is 0 Å². The largest absolute Gasteiger partial charge is 0.320 e. The van der Waals surface area contributed by atoms with Crippen LogP contribution < -0.4 is 5.32 Å². The third-order valence-electron chi connectivity index (χ3n) is 3.83. The van der Waals surface area contributed by atoms with Crippen LogP contribution >= 0.6 is 0 Å². The van der Waals surface area contributed by atoms with E-state index in [2.05, 4.69) is 20.5 Å². The van der Waals surface area contributed by atoms with Crippen molar-refractivity contribution in [2.75, 3.05) is 5.32 Å². The molecule has 3 aromatic rings. The van der Waals surface area contributed by atoms with Crippen molar-refractivity contribution in [3.05, 3.63) is 63.7 Å². The SMILES string of the molecule is CCn1cc([N+](=O)[O-])c(C(=O)Nc2ncn(Cc3ccccc3C)n2)n1. The lowest BCUT2D eigenvalue weighted by Gasteiger charge is -2.04. The number of nitrogens with one attached hydrogen (secondary N) is 1. The normalized spacial score (nSPS) is 10.7. The lowest BCUT2D eigenvalue weighted by molar-refractivity contribution is -0.385. The highest BCUT2D eigenvalue weighted by molar-refractivity contribution is 6.04. The van der Waals surface area contributed by atoms with Crippen LogP contribution in [0.5, 0.6) is 0 Å². The van der Waals surface area contributed by atoms with Crippen LogP contribution in [0.15, 0.2) is 36.8 Å². The zero-order chi connectivity index (χ0) is 18.7. The molecule has 0 fully saturated rings. The summed E-state index contributed by atoms with van der Waals surface area (Å²) in [5, 5.41) is 21.6. The molecule has 2 aromatic heterocycles. The Kier molecular flexibility index (Phi) is 4.74. The van der Waals surface area contributed by atoms with E-state index < -0.39 is 10.8 Å². The standard InChI is InChI=1S/C16H17N7O3/c1-3-21-9-13(23(25)26)14(19-21)15(24)18-16-17-10-22(20-16)8-12-7-5-4-6-11(12)2/h4-7,9-10H,3,8H2,1-2H3,(H,18,20,24). The van der Waals surface area contributed by atoms with Crippen molar-refractivity contribution in [1.82, 2.24) is 24.5 Å². The molecule has 0 aliphatic heterocycles. The Morgan fingerprint density at radius 1 is 1.27 bits per heavy atom. The zero-order valence-electron chi connectivity index (χ0n) is 14.3. The van der Waals surface area contributed by atoms with Crippen LogP contribution in [-0.2, 0) is 13.1 Å². The highest BCUT2D eigenvalue weighted by Crippen LogP contribution is 2.18. The number of rotatable bonds is 6. The lowest BCUT2D eigenvalue weighted by atomic mass is 10.1. The Bertz CT molecular complexity index is 960. The summed E-state index contributed by atoms with van der Waals surface area (Å²) in [6, 6.07) is 7.87. The van der Waals surface area contributed by atoms with Crippen molar-refractivity contribution in [2.45, 2.75) is 26.9 Å². The van der Waals surface area contributed by atoms with E-state index in [9.17, 15) is 14.9 Å². The van der Waals surface area contributed by atoms with Crippen molar-refractivity contribution < 1.29 is 9.72 Å². The molecule has 10 nitrogen and oxygen atoms in total. The van der Waals surface area contributed by atoms with Gasteiger partial charge in [-0.25, -0.2) is 9.67 Å². The average molecular weight is 355 g/mol. The van der Waals surface area contributed by atoms with Crippen LogP contribution in [-0.4, -0.2) is 35.4 Å². The van der Waals surface area contributed by atoms with E-state index in [4.69, 9.17) is 0 Å². The summed E-state index contributed by atoms with van der Waals surface area (Å²) in [6.45, 7) is 4.68. The molecule has 2 heterocycles. The predicted molar refractivity (Wildman–Crippen MR) is 92.8 cm³/mol. The smallest absolute Gasteiger partial charge is 0.287 e. The molecule has 0 radical (unpaired) electrons. The maximum atomic E-state index is 12.3. The highest BCUT2D eigenvalue weighted by atomic mass is 16.6. The Hall–Kier alpha value is -3.56. The Morgan fingerprint density at radius 3 is 2.73 bits per heavy atom. The monoisotopic (exact) mass is 355 g/mol. The first-order chi connectivity index (χ1) is 12.5. The van der Waals surface area contributed by atoms with Gasteiger partial charge in [-0.05, 0) is 25.0 Å². The number of aromatic nitrogens is 5. The van der Waals surface area contributed by atoms with E-state index in [-0.39, 0.29) is 17.3 Å². The Balaban J connectivity index is 1.75. The molecule has 26 heavy (non-hydrogen) atoms. The predicted octanol–water partition coefficient (Wildman–Crippen LogP) is 2.01. The quantitative estimate of drug-likeness (QED) is 0.533. The Morgan fingerprint density at radius 2 is 2.04 bits per heavy atom. The molecule has 1 amide bonds. The van der Waals surface area contributed by atoms with Crippen LogP contribution in [0.4, 0.5) is 11.6 Å². The second kappa shape index (κ2) is 7.13. The first kappa shape index (κ1) is 17.3. The van der Waals surface area contributed by atoms with Gasteiger partial charge in [0.25, 0.3) is 5.91 Å². The second-order valence-electron chi connectivity index (χ2n) is 5.62. The minimum absolute atomic E-state index is 0.0592. The highest BCUT2D eigenvalue weighted by Gasteiger charge is 2.26. The summed E-state index contributed by atoms with van der Waals surface area (Å²) >= 11 is 0. The van der Waals surface area contributed by atoms with Crippen LogP contribution in [0.25, 0.3) is 0 Å². The van der Waals surface area contributed by atoms with Crippen molar-refractivity contribution in [3.63, 3.8) is 0 Å². The molecular formula is C16H17N7O3. The molecule has 10 heteroatoms. The molecule has 0 unspecified atom stereocenters. The van der Waals surface area contributed by atoms with Gasteiger partial charge in [0.2, 0.25) is 11.6 Å². The minimum atomic E-state index is -0.724. The van der Waals surface area contributed by atoms with Gasteiger partial charge in [0.15, 0.2) is 0 Å². The number of hydrogen-bond acceptors (Lipinski definition) is 6. The van der Waals surface area contributed by atoms with E-state index >= 15 is 0 Å². The Labute approximate surface area is 148 Å². The number of amides is 1. The van der Waals surface area contributed by atoms with Gasteiger partial charge in [-0.2, -0.15) is 5.10 Å². The van der Waals surface area contributed by atoms with Crippen molar-refractivity contribution in [1.29, 1.82) is 0 Å². The number of nitro groups is 1. The zero-order valence-corrected chi connectivity index (χ0v) is 14.3. The topological polar surface area (TPSA) is 121 Å². The number of nitrogens with zero attached hydrogens (tertiary/aromatic N) is 6. The summed E-state index contributed by atoms with van der Waals surface area (Å²) in [6.07, 6.45) is 2.71. The molecule has 0 saturated heterocycles. The molecule has 0 aliphatic rings. The molecule has 0 aliphatic carbocycles. The summed E-state index contributed by atoms with van der Waals surface area (Å²) in [5.41, 5.74) is 1.57. The lowest BCUT2D eigenvalue weighted by Crippen LogP contribution is -2.16. The molecule has 0 atom stereocenters. The maximum absolute atomic E-state index is 12.3. The van der Waals surface area contributed by atoms with E-state index in [1.165, 1.54) is 17.2 Å². The number of anilines is 1. The van der Waals surface area contributed by atoms with E-state index in [0.29, 0.717) is 13.1 Å². The number of aryl methyl sites for hydroxylation is 2. The summed E-state index contributed by atoms with van der Waals surface area (Å²) in [5.74, 6) is -0.665. The van der Waals surface area contributed by atoms with Gasteiger partial charge in [0.05, 0.1) is 11.5 Å². The number of carbonyl (C=O) groups is 1. The second-order valence-corrected chi connectivity index (χ2v) is 5.62. The molecule has 0 bridgehead atoms. The number of hydrogen-bond donors (Lipinski definition) is 1.